The largest absolute Gasteiger partial charge is 0.302 e. The number of anilines is 1. The number of carbonyl (C=O) groups is 1. The summed E-state index contributed by atoms with van der Waals surface area (Å²) in [6, 6.07) is 16.6. The maximum Gasteiger partial charge on any atom is 0.267 e. The standard InChI is InChI=1S/C22H19N5O2S/c28-20(25-22-24-19(15-30-22)17-7-4-12-23-13-17)10-8-18-9-11-21(29)27(26-18)14-16-5-2-1-3-6-16/h1-7,9,11-13,15H,8,10,14H2,(H,24,25,28). The Morgan fingerprint density at radius 1 is 1.07 bits per heavy atom. The minimum Gasteiger partial charge on any atom is -0.302 e. The third-order valence-corrected chi connectivity index (χ3v) is 5.17. The number of pyridine rings is 1. The normalized spacial score (nSPS) is 10.7. The van der Waals surface area contributed by atoms with E-state index < -0.39 is 0 Å². The highest BCUT2D eigenvalue weighted by molar-refractivity contribution is 7.14. The number of benzene rings is 1. The highest BCUT2D eigenvalue weighted by atomic mass is 32.1. The van der Waals surface area contributed by atoms with Crippen molar-refractivity contribution in [3.63, 3.8) is 0 Å². The molecular weight excluding hydrogens is 398 g/mol. The molecule has 8 heteroatoms. The van der Waals surface area contributed by atoms with E-state index >= 15 is 0 Å². The summed E-state index contributed by atoms with van der Waals surface area (Å²) in [5, 5.41) is 9.64. The average molecular weight is 417 g/mol. The van der Waals surface area contributed by atoms with Crippen LogP contribution in [0.25, 0.3) is 11.3 Å². The number of nitrogens with one attached hydrogen (secondary N) is 1. The molecule has 0 bridgehead atoms. The van der Waals surface area contributed by atoms with Gasteiger partial charge in [0.1, 0.15) is 0 Å². The lowest BCUT2D eigenvalue weighted by Crippen LogP contribution is -2.24. The van der Waals surface area contributed by atoms with Crippen molar-refractivity contribution in [2.45, 2.75) is 19.4 Å². The Balaban J connectivity index is 1.35. The van der Waals surface area contributed by atoms with E-state index in [0.717, 1.165) is 16.8 Å². The van der Waals surface area contributed by atoms with Gasteiger partial charge in [0, 0.05) is 42.2 Å². The van der Waals surface area contributed by atoms with Crippen LogP contribution in [0.5, 0.6) is 0 Å². The highest BCUT2D eigenvalue weighted by Crippen LogP contribution is 2.24. The quantitative estimate of drug-likeness (QED) is 0.498. The number of rotatable bonds is 7. The molecule has 1 amide bonds. The number of nitrogens with zero attached hydrogens (tertiary/aromatic N) is 4. The van der Waals surface area contributed by atoms with E-state index in [-0.39, 0.29) is 17.9 Å². The van der Waals surface area contributed by atoms with Gasteiger partial charge in [-0.2, -0.15) is 5.10 Å². The van der Waals surface area contributed by atoms with Crippen LogP contribution >= 0.6 is 11.3 Å². The zero-order chi connectivity index (χ0) is 20.8. The molecule has 1 N–H and O–H groups in total. The van der Waals surface area contributed by atoms with E-state index in [2.05, 4.69) is 20.4 Å². The molecule has 4 aromatic rings. The Morgan fingerprint density at radius 2 is 1.93 bits per heavy atom. The van der Waals surface area contributed by atoms with Crippen LogP contribution in [0.15, 0.2) is 77.2 Å². The fraction of sp³-hybridized carbons (Fsp3) is 0.136. The summed E-state index contributed by atoms with van der Waals surface area (Å²) in [5.41, 5.74) is 3.20. The number of amides is 1. The summed E-state index contributed by atoms with van der Waals surface area (Å²) in [6.45, 7) is 0.399. The fourth-order valence-electron chi connectivity index (χ4n) is 2.90. The van der Waals surface area contributed by atoms with Crippen LogP contribution in [0.4, 0.5) is 5.13 Å². The first-order chi connectivity index (χ1) is 14.7. The molecule has 1 aromatic carbocycles. The third-order valence-electron chi connectivity index (χ3n) is 4.41. The molecule has 4 rings (SSSR count). The predicted octanol–water partition coefficient (Wildman–Crippen LogP) is 3.38. The van der Waals surface area contributed by atoms with Crippen molar-refractivity contribution in [1.29, 1.82) is 0 Å². The lowest BCUT2D eigenvalue weighted by Gasteiger charge is -2.07. The zero-order valence-electron chi connectivity index (χ0n) is 16.1. The van der Waals surface area contributed by atoms with E-state index in [4.69, 9.17) is 0 Å². The molecule has 0 aliphatic carbocycles. The number of aryl methyl sites for hydroxylation is 1. The van der Waals surface area contributed by atoms with Gasteiger partial charge >= 0.3 is 0 Å². The minimum atomic E-state index is -0.169. The molecule has 0 saturated carbocycles. The second-order valence-corrected chi connectivity index (χ2v) is 7.49. The average Bonchev–Trinajstić information content (AvgIpc) is 3.24. The molecule has 3 aromatic heterocycles. The molecule has 0 spiro atoms. The van der Waals surface area contributed by atoms with E-state index in [0.29, 0.717) is 23.8 Å². The van der Waals surface area contributed by atoms with Crippen molar-refractivity contribution in [3.8, 4) is 11.3 Å². The van der Waals surface area contributed by atoms with Crippen LogP contribution < -0.4 is 10.9 Å². The minimum absolute atomic E-state index is 0.148. The van der Waals surface area contributed by atoms with Crippen LogP contribution in [0, 0.1) is 0 Å². The number of carbonyl (C=O) groups excluding carboxylic acids is 1. The molecule has 7 nitrogen and oxygen atoms in total. The molecule has 0 atom stereocenters. The van der Waals surface area contributed by atoms with Gasteiger partial charge in [-0.3, -0.25) is 14.6 Å². The van der Waals surface area contributed by atoms with Crippen molar-refractivity contribution in [2.24, 2.45) is 0 Å². The van der Waals surface area contributed by atoms with Gasteiger partial charge in [-0.05, 0) is 23.8 Å². The van der Waals surface area contributed by atoms with E-state index in [1.54, 1.807) is 18.5 Å². The summed E-state index contributed by atoms with van der Waals surface area (Å²) in [4.78, 5) is 32.9. The SMILES string of the molecule is O=C(CCc1ccc(=O)n(Cc2ccccc2)n1)Nc1nc(-c2cccnc2)cs1. The van der Waals surface area contributed by atoms with E-state index in [1.165, 1.54) is 22.1 Å². The van der Waals surface area contributed by atoms with Crippen molar-refractivity contribution >= 4 is 22.4 Å². The number of thiazole rings is 1. The van der Waals surface area contributed by atoms with Crippen molar-refractivity contribution < 1.29 is 4.79 Å². The maximum atomic E-state index is 12.3. The summed E-state index contributed by atoms with van der Waals surface area (Å²) < 4.78 is 1.42. The van der Waals surface area contributed by atoms with Crippen LogP contribution in [0.1, 0.15) is 17.7 Å². The van der Waals surface area contributed by atoms with Crippen LogP contribution in [0.3, 0.4) is 0 Å². The lowest BCUT2D eigenvalue weighted by molar-refractivity contribution is -0.116. The smallest absolute Gasteiger partial charge is 0.267 e. The third kappa shape index (κ3) is 5.03. The maximum absolute atomic E-state index is 12.3. The molecule has 0 unspecified atom stereocenters. The van der Waals surface area contributed by atoms with Gasteiger partial charge < -0.3 is 5.32 Å². The van der Waals surface area contributed by atoms with Gasteiger partial charge in [-0.1, -0.05) is 30.3 Å². The van der Waals surface area contributed by atoms with Gasteiger partial charge in [-0.15, -0.1) is 11.3 Å². The molecule has 0 radical (unpaired) electrons. The first-order valence-electron chi connectivity index (χ1n) is 9.44. The van der Waals surface area contributed by atoms with Crippen molar-refractivity contribution in [2.75, 3.05) is 5.32 Å². The summed E-state index contributed by atoms with van der Waals surface area (Å²) in [5.74, 6) is -0.148. The molecule has 150 valence electrons. The molecule has 30 heavy (non-hydrogen) atoms. The Morgan fingerprint density at radius 3 is 2.73 bits per heavy atom. The molecule has 0 saturated heterocycles. The Labute approximate surface area is 177 Å². The molecule has 3 heterocycles. The first-order valence-corrected chi connectivity index (χ1v) is 10.3. The van der Waals surface area contributed by atoms with E-state index in [1.807, 2.05) is 47.8 Å². The number of hydrogen-bond acceptors (Lipinski definition) is 6. The predicted molar refractivity (Wildman–Crippen MR) is 116 cm³/mol. The molecule has 0 aliphatic rings. The fourth-order valence-corrected chi connectivity index (χ4v) is 3.63. The molecule has 0 aliphatic heterocycles. The first kappa shape index (κ1) is 19.7. The second-order valence-electron chi connectivity index (χ2n) is 6.63. The molecule has 0 fully saturated rings. The van der Waals surface area contributed by atoms with Crippen molar-refractivity contribution in [3.05, 3.63) is 94.0 Å². The number of hydrogen-bond donors (Lipinski definition) is 1. The highest BCUT2D eigenvalue weighted by Gasteiger charge is 2.10. The summed E-state index contributed by atoms with van der Waals surface area (Å²) in [6.07, 6.45) is 4.12. The van der Waals surface area contributed by atoms with Crippen LogP contribution in [0.2, 0.25) is 0 Å². The summed E-state index contributed by atoms with van der Waals surface area (Å²) in [7, 11) is 0. The van der Waals surface area contributed by atoms with Gasteiger partial charge in [0.2, 0.25) is 5.91 Å². The van der Waals surface area contributed by atoms with Crippen LogP contribution in [-0.2, 0) is 17.8 Å². The number of aromatic nitrogens is 4. The van der Waals surface area contributed by atoms with Gasteiger partial charge in [0.15, 0.2) is 5.13 Å². The van der Waals surface area contributed by atoms with Crippen LogP contribution in [-0.4, -0.2) is 25.7 Å². The Kier molecular flexibility index (Phi) is 6.05. The topological polar surface area (TPSA) is 89.8 Å². The summed E-state index contributed by atoms with van der Waals surface area (Å²) >= 11 is 1.37. The Hall–Kier alpha value is -3.65. The van der Waals surface area contributed by atoms with Gasteiger partial charge in [-0.25, -0.2) is 9.67 Å². The Bertz CT molecular complexity index is 1190. The molecular formula is C22H19N5O2S. The zero-order valence-corrected chi connectivity index (χ0v) is 16.9. The lowest BCUT2D eigenvalue weighted by atomic mass is 10.2. The van der Waals surface area contributed by atoms with Gasteiger partial charge in [0.05, 0.1) is 17.9 Å². The second kappa shape index (κ2) is 9.23. The monoisotopic (exact) mass is 417 g/mol. The van der Waals surface area contributed by atoms with E-state index in [9.17, 15) is 9.59 Å². The van der Waals surface area contributed by atoms with Gasteiger partial charge in [0.25, 0.3) is 5.56 Å². The van der Waals surface area contributed by atoms with Crippen molar-refractivity contribution in [1.82, 2.24) is 19.7 Å².